The number of amides is 1. The van der Waals surface area contributed by atoms with E-state index in [4.69, 9.17) is 18.0 Å². The molecule has 108 valence electrons. The monoisotopic (exact) mass is 312 g/mol. The number of nitrogens with two attached hydrogens (primary N) is 1. The van der Waals surface area contributed by atoms with Crippen molar-refractivity contribution in [3.8, 4) is 0 Å². The molecule has 1 aromatic rings. The second-order valence-corrected chi connectivity index (χ2v) is 6.53. The van der Waals surface area contributed by atoms with Crippen LogP contribution in [0, 0.1) is 11.7 Å². The number of anilines is 1. The zero-order valence-electron chi connectivity index (χ0n) is 11.0. The molecule has 20 heavy (non-hydrogen) atoms. The van der Waals surface area contributed by atoms with Crippen LogP contribution in [0.1, 0.15) is 24.8 Å². The van der Waals surface area contributed by atoms with Crippen LogP contribution < -0.4 is 11.1 Å². The van der Waals surface area contributed by atoms with Crippen LogP contribution in [-0.2, 0) is 4.79 Å². The van der Waals surface area contributed by atoms with E-state index in [2.05, 4.69) is 5.32 Å². The van der Waals surface area contributed by atoms with Gasteiger partial charge < -0.3 is 11.1 Å². The lowest BCUT2D eigenvalue weighted by Crippen LogP contribution is -2.20. The van der Waals surface area contributed by atoms with Gasteiger partial charge in [0.1, 0.15) is 10.8 Å². The number of benzene rings is 1. The molecule has 1 aromatic carbocycles. The Kier molecular flexibility index (Phi) is 5.37. The normalized spacial score (nSPS) is 15.8. The average molecular weight is 312 g/mol. The molecule has 2 rings (SSSR count). The van der Waals surface area contributed by atoms with Gasteiger partial charge in [-0.05, 0) is 48.5 Å². The molecule has 1 fully saturated rings. The molecule has 0 saturated carbocycles. The van der Waals surface area contributed by atoms with E-state index in [9.17, 15) is 9.18 Å². The van der Waals surface area contributed by atoms with E-state index < -0.39 is 5.82 Å². The molecular formula is C14H17FN2OS2. The highest BCUT2D eigenvalue weighted by Gasteiger charge is 2.18. The minimum absolute atomic E-state index is 0.135. The number of hydrogen-bond acceptors (Lipinski definition) is 3. The quantitative estimate of drug-likeness (QED) is 0.839. The van der Waals surface area contributed by atoms with Crippen molar-refractivity contribution in [2.45, 2.75) is 19.3 Å². The van der Waals surface area contributed by atoms with Crippen molar-refractivity contribution in [2.24, 2.45) is 11.7 Å². The molecule has 1 heterocycles. The molecule has 6 heteroatoms. The zero-order valence-corrected chi connectivity index (χ0v) is 12.7. The first-order valence-electron chi connectivity index (χ1n) is 6.53. The summed E-state index contributed by atoms with van der Waals surface area (Å²) in [6.07, 6.45) is 2.57. The smallest absolute Gasteiger partial charge is 0.224 e. The summed E-state index contributed by atoms with van der Waals surface area (Å²) in [5, 5.41) is 2.62. The van der Waals surface area contributed by atoms with Gasteiger partial charge in [-0.25, -0.2) is 4.39 Å². The molecule has 0 bridgehead atoms. The SMILES string of the molecule is NC(=S)c1ccc(NC(=O)CC2CCSCC2)c(F)c1. The van der Waals surface area contributed by atoms with Crippen molar-refractivity contribution in [3.05, 3.63) is 29.6 Å². The number of rotatable bonds is 4. The number of halogens is 1. The van der Waals surface area contributed by atoms with E-state index >= 15 is 0 Å². The molecule has 0 radical (unpaired) electrons. The summed E-state index contributed by atoms with van der Waals surface area (Å²) < 4.78 is 13.8. The molecular weight excluding hydrogens is 295 g/mol. The van der Waals surface area contributed by atoms with E-state index in [1.807, 2.05) is 11.8 Å². The first-order valence-corrected chi connectivity index (χ1v) is 8.09. The first kappa shape index (κ1) is 15.3. The van der Waals surface area contributed by atoms with Crippen molar-refractivity contribution in [1.82, 2.24) is 0 Å². The number of carbonyl (C=O) groups excluding carboxylic acids is 1. The molecule has 3 N–H and O–H groups in total. The Morgan fingerprint density at radius 2 is 2.15 bits per heavy atom. The summed E-state index contributed by atoms with van der Waals surface area (Å²) in [6, 6.07) is 4.35. The highest BCUT2D eigenvalue weighted by Crippen LogP contribution is 2.26. The van der Waals surface area contributed by atoms with Gasteiger partial charge in [0, 0.05) is 12.0 Å². The average Bonchev–Trinajstić information content (AvgIpc) is 2.42. The fourth-order valence-corrected chi connectivity index (χ4v) is 3.51. The van der Waals surface area contributed by atoms with E-state index in [0.29, 0.717) is 17.9 Å². The largest absolute Gasteiger partial charge is 0.389 e. The van der Waals surface area contributed by atoms with E-state index in [0.717, 1.165) is 24.3 Å². The van der Waals surface area contributed by atoms with Crippen molar-refractivity contribution < 1.29 is 9.18 Å². The number of thioether (sulfide) groups is 1. The van der Waals surface area contributed by atoms with Crippen molar-refractivity contribution in [2.75, 3.05) is 16.8 Å². The lowest BCUT2D eigenvalue weighted by Gasteiger charge is -2.20. The molecule has 1 saturated heterocycles. The van der Waals surface area contributed by atoms with Gasteiger partial charge in [-0.3, -0.25) is 4.79 Å². The highest BCUT2D eigenvalue weighted by atomic mass is 32.2. The molecule has 0 atom stereocenters. The van der Waals surface area contributed by atoms with Crippen molar-refractivity contribution in [3.63, 3.8) is 0 Å². The number of thiocarbonyl (C=S) groups is 1. The second kappa shape index (κ2) is 7.04. The molecule has 0 aliphatic carbocycles. The molecule has 1 aliphatic rings. The third-order valence-electron chi connectivity index (χ3n) is 3.34. The minimum atomic E-state index is -0.511. The van der Waals surface area contributed by atoms with Crippen LogP contribution in [0.5, 0.6) is 0 Å². The molecule has 0 spiro atoms. The lowest BCUT2D eigenvalue weighted by molar-refractivity contribution is -0.117. The van der Waals surface area contributed by atoms with Gasteiger partial charge in [-0.2, -0.15) is 11.8 Å². The number of hydrogen-bond donors (Lipinski definition) is 2. The zero-order chi connectivity index (χ0) is 14.5. The molecule has 0 aromatic heterocycles. The lowest BCUT2D eigenvalue weighted by atomic mass is 9.98. The van der Waals surface area contributed by atoms with Crippen LogP contribution in [0.2, 0.25) is 0 Å². The second-order valence-electron chi connectivity index (χ2n) is 4.87. The molecule has 1 amide bonds. The Morgan fingerprint density at radius 3 is 2.75 bits per heavy atom. The number of nitrogens with one attached hydrogen (secondary N) is 1. The summed E-state index contributed by atoms with van der Waals surface area (Å²) in [5.74, 6) is 1.98. The highest BCUT2D eigenvalue weighted by molar-refractivity contribution is 7.99. The Hall–Kier alpha value is -1.14. The maximum atomic E-state index is 13.8. The van der Waals surface area contributed by atoms with Crippen molar-refractivity contribution in [1.29, 1.82) is 0 Å². The van der Waals surface area contributed by atoms with Gasteiger partial charge in [0.05, 0.1) is 5.69 Å². The van der Waals surface area contributed by atoms with Crippen LogP contribution in [-0.4, -0.2) is 22.4 Å². The van der Waals surface area contributed by atoms with E-state index in [1.165, 1.54) is 12.1 Å². The molecule has 1 aliphatic heterocycles. The summed E-state index contributed by atoms with van der Waals surface area (Å²) in [4.78, 5) is 12.1. The van der Waals surface area contributed by atoms with Gasteiger partial charge >= 0.3 is 0 Å². The van der Waals surface area contributed by atoms with Crippen molar-refractivity contribution >= 4 is 40.6 Å². The summed E-state index contributed by atoms with van der Waals surface area (Å²) >= 11 is 6.70. The Morgan fingerprint density at radius 1 is 1.45 bits per heavy atom. The van der Waals surface area contributed by atoms with Gasteiger partial charge in [0.25, 0.3) is 0 Å². The minimum Gasteiger partial charge on any atom is -0.389 e. The van der Waals surface area contributed by atoms with Crippen LogP contribution in [0.3, 0.4) is 0 Å². The van der Waals surface area contributed by atoms with Crippen LogP contribution in [0.25, 0.3) is 0 Å². The van der Waals surface area contributed by atoms with Crippen LogP contribution in [0.4, 0.5) is 10.1 Å². The predicted octanol–water partition coefficient (Wildman–Crippen LogP) is 2.93. The van der Waals surface area contributed by atoms with E-state index in [1.54, 1.807) is 6.07 Å². The van der Waals surface area contributed by atoms with Crippen LogP contribution >= 0.6 is 24.0 Å². The predicted molar refractivity (Wildman–Crippen MR) is 85.6 cm³/mol. The van der Waals surface area contributed by atoms with Gasteiger partial charge in [0.15, 0.2) is 0 Å². The topological polar surface area (TPSA) is 55.1 Å². The maximum Gasteiger partial charge on any atom is 0.224 e. The molecule has 0 unspecified atom stereocenters. The Bertz CT molecular complexity index is 516. The standard InChI is InChI=1S/C14H17FN2OS2/c15-11-8-10(14(16)19)1-2-12(11)17-13(18)7-9-3-5-20-6-4-9/h1-2,8-9H,3-7H2,(H2,16,19)(H,17,18). The Balaban J connectivity index is 1.95. The maximum absolute atomic E-state index is 13.8. The van der Waals surface area contributed by atoms with E-state index in [-0.39, 0.29) is 16.6 Å². The molecule has 3 nitrogen and oxygen atoms in total. The fourth-order valence-electron chi connectivity index (χ4n) is 2.18. The van der Waals surface area contributed by atoms with Gasteiger partial charge in [0.2, 0.25) is 5.91 Å². The van der Waals surface area contributed by atoms with Crippen LogP contribution in [0.15, 0.2) is 18.2 Å². The third-order valence-corrected chi connectivity index (χ3v) is 4.63. The summed E-state index contributed by atoms with van der Waals surface area (Å²) in [5.41, 5.74) is 6.07. The summed E-state index contributed by atoms with van der Waals surface area (Å²) in [7, 11) is 0. The summed E-state index contributed by atoms with van der Waals surface area (Å²) in [6.45, 7) is 0. The van der Waals surface area contributed by atoms with Gasteiger partial charge in [-0.1, -0.05) is 12.2 Å². The number of carbonyl (C=O) groups is 1. The first-order chi connectivity index (χ1) is 9.56. The fraction of sp³-hybridized carbons (Fsp3) is 0.429. The third kappa shape index (κ3) is 4.18. The van der Waals surface area contributed by atoms with Gasteiger partial charge in [-0.15, -0.1) is 0 Å². The Labute approximate surface area is 127 Å².